The maximum Gasteiger partial charge on any atom is 0.0547 e. The molecule has 1 rings (SSSR count). The molecule has 0 aliphatic rings. The van der Waals surface area contributed by atoms with Crippen LogP contribution in [0.1, 0.15) is 59.4 Å². The van der Waals surface area contributed by atoms with Crippen LogP contribution in [0.4, 0.5) is 0 Å². The van der Waals surface area contributed by atoms with Crippen molar-refractivity contribution in [2.45, 2.75) is 59.9 Å². The van der Waals surface area contributed by atoms with E-state index in [1.165, 1.54) is 17.8 Å². The Labute approximate surface area is 119 Å². The fourth-order valence-electron chi connectivity index (χ4n) is 2.75. The highest BCUT2D eigenvalue weighted by Gasteiger charge is 2.23. The monoisotopic (exact) mass is 262 g/mol. The molecule has 0 aliphatic heterocycles. The summed E-state index contributed by atoms with van der Waals surface area (Å²) in [6, 6.07) is 6.48. The van der Waals surface area contributed by atoms with Crippen molar-refractivity contribution in [2.75, 3.05) is 13.1 Å². The van der Waals surface area contributed by atoms with Crippen LogP contribution in [0.3, 0.4) is 0 Å². The van der Waals surface area contributed by atoms with Gasteiger partial charge in [-0.3, -0.25) is 9.88 Å². The Morgan fingerprint density at radius 2 is 1.79 bits per heavy atom. The summed E-state index contributed by atoms with van der Waals surface area (Å²) in [4.78, 5) is 7.30. The lowest BCUT2D eigenvalue weighted by Crippen LogP contribution is -2.25. The van der Waals surface area contributed by atoms with E-state index in [2.05, 4.69) is 64.6 Å². The van der Waals surface area contributed by atoms with E-state index in [9.17, 15) is 0 Å². The lowest BCUT2D eigenvalue weighted by Gasteiger charge is -2.27. The second-order valence-corrected chi connectivity index (χ2v) is 6.46. The fraction of sp³-hybridized carbons (Fsp3) is 0.706. The summed E-state index contributed by atoms with van der Waals surface area (Å²) in [5.74, 6) is 0.697. The van der Waals surface area contributed by atoms with E-state index in [0.29, 0.717) is 5.92 Å². The largest absolute Gasteiger partial charge is 0.298 e. The Kier molecular flexibility index (Phi) is 5.99. The molecule has 0 amide bonds. The number of hydrogen-bond acceptors (Lipinski definition) is 2. The average molecular weight is 262 g/mol. The van der Waals surface area contributed by atoms with Gasteiger partial charge in [-0.05, 0) is 37.6 Å². The van der Waals surface area contributed by atoms with Gasteiger partial charge in [0.15, 0.2) is 0 Å². The van der Waals surface area contributed by atoms with Crippen molar-refractivity contribution >= 4 is 0 Å². The summed E-state index contributed by atoms with van der Waals surface area (Å²) >= 11 is 0. The second-order valence-electron chi connectivity index (χ2n) is 6.46. The topological polar surface area (TPSA) is 16.1 Å². The highest BCUT2D eigenvalue weighted by molar-refractivity contribution is 5.18. The van der Waals surface area contributed by atoms with Crippen molar-refractivity contribution in [3.63, 3.8) is 0 Å². The first-order chi connectivity index (χ1) is 8.89. The van der Waals surface area contributed by atoms with Gasteiger partial charge in [-0.1, -0.05) is 47.6 Å². The van der Waals surface area contributed by atoms with E-state index in [1.54, 1.807) is 0 Å². The number of nitrogens with zero attached hydrogens (tertiary/aromatic N) is 2. The van der Waals surface area contributed by atoms with Crippen molar-refractivity contribution in [3.05, 3.63) is 29.6 Å². The Morgan fingerprint density at radius 1 is 1.16 bits per heavy atom. The molecule has 1 heterocycles. The average Bonchev–Trinajstić information content (AvgIpc) is 2.35. The van der Waals surface area contributed by atoms with Gasteiger partial charge in [0.25, 0.3) is 0 Å². The molecular formula is C17H30N2. The highest BCUT2D eigenvalue weighted by atomic mass is 15.1. The first kappa shape index (κ1) is 16.2. The maximum atomic E-state index is 4.89. The molecule has 0 radical (unpaired) electrons. The number of rotatable bonds is 7. The number of aromatic nitrogens is 1. The van der Waals surface area contributed by atoms with E-state index >= 15 is 0 Å². The number of hydrogen-bond donors (Lipinski definition) is 0. The van der Waals surface area contributed by atoms with Crippen LogP contribution >= 0.6 is 0 Å². The lowest BCUT2D eigenvalue weighted by atomic mass is 9.81. The molecule has 2 heteroatoms. The Balaban J connectivity index is 2.87. The SMILES string of the molecule is CCN(CC)Cc1cccc(C(C)(C)CC(C)C)n1. The lowest BCUT2D eigenvalue weighted by molar-refractivity contribution is 0.291. The zero-order chi connectivity index (χ0) is 14.5. The predicted molar refractivity (Wildman–Crippen MR) is 83.3 cm³/mol. The molecule has 0 atom stereocenters. The molecule has 0 bridgehead atoms. The van der Waals surface area contributed by atoms with Crippen molar-refractivity contribution < 1.29 is 0 Å². The minimum atomic E-state index is 0.160. The zero-order valence-corrected chi connectivity index (χ0v) is 13.5. The Hall–Kier alpha value is -0.890. The van der Waals surface area contributed by atoms with Gasteiger partial charge in [-0.15, -0.1) is 0 Å². The van der Waals surface area contributed by atoms with Crippen LogP contribution in [0, 0.1) is 5.92 Å². The molecule has 0 unspecified atom stereocenters. The summed E-state index contributed by atoms with van der Waals surface area (Å²) in [7, 11) is 0. The van der Waals surface area contributed by atoms with Crippen LogP contribution in [0.15, 0.2) is 18.2 Å². The van der Waals surface area contributed by atoms with Crippen molar-refractivity contribution in [1.82, 2.24) is 9.88 Å². The smallest absolute Gasteiger partial charge is 0.0547 e. The quantitative estimate of drug-likeness (QED) is 0.730. The molecule has 1 aromatic rings. The van der Waals surface area contributed by atoms with Crippen LogP contribution in [-0.4, -0.2) is 23.0 Å². The van der Waals surface area contributed by atoms with E-state index < -0.39 is 0 Å². The minimum Gasteiger partial charge on any atom is -0.298 e. The molecule has 0 N–H and O–H groups in total. The van der Waals surface area contributed by atoms with Gasteiger partial charge in [0.05, 0.1) is 5.69 Å². The Bertz CT molecular complexity index is 379. The Morgan fingerprint density at radius 3 is 2.32 bits per heavy atom. The van der Waals surface area contributed by atoms with Crippen LogP contribution in [0.2, 0.25) is 0 Å². The molecule has 0 saturated heterocycles. The van der Waals surface area contributed by atoms with E-state index in [1.807, 2.05) is 0 Å². The summed E-state index contributed by atoms with van der Waals surface area (Å²) in [6.07, 6.45) is 1.18. The zero-order valence-electron chi connectivity index (χ0n) is 13.5. The summed E-state index contributed by atoms with van der Waals surface area (Å²) in [5, 5.41) is 0. The standard InChI is InChI=1S/C17H30N2/c1-7-19(8-2)13-15-10-9-11-16(18-15)17(5,6)12-14(3)4/h9-11,14H,7-8,12-13H2,1-6H3. The summed E-state index contributed by atoms with van der Waals surface area (Å²) in [6.45, 7) is 16.7. The van der Waals surface area contributed by atoms with Gasteiger partial charge in [0.1, 0.15) is 0 Å². The highest BCUT2D eigenvalue weighted by Crippen LogP contribution is 2.29. The van der Waals surface area contributed by atoms with Gasteiger partial charge in [-0.2, -0.15) is 0 Å². The molecule has 2 nitrogen and oxygen atoms in total. The van der Waals surface area contributed by atoms with Gasteiger partial charge < -0.3 is 0 Å². The van der Waals surface area contributed by atoms with Crippen molar-refractivity contribution in [2.24, 2.45) is 5.92 Å². The molecule has 19 heavy (non-hydrogen) atoms. The maximum absolute atomic E-state index is 4.89. The minimum absolute atomic E-state index is 0.160. The van der Waals surface area contributed by atoms with Crippen LogP contribution in [0.25, 0.3) is 0 Å². The third kappa shape index (κ3) is 4.94. The molecule has 108 valence electrons. The second kappa shape index (κ2) is 7.04. The normalized spacial score (nSPS) is 12.4. The molecule has 0 aliphatic carbocycles. The van der Waals surface area contributed by atoms with Gasteiger partial charge in [0, 0.05) is 17.7 Å². The van der Waals surface area contributed by atoms with Gasteiger partial charge in [0.2, 0.25) is 0 Å². The molecule has 0 fully saturated rings. The third-order valence-electron chi connectivity index (χ3n) is 3.70. The van der Waals surface area contributed by atoms with Crippen molar-refractivity contribution in [3.8, 4) is 0 Å². The number of pyridine rings is 1. The van der Waals surface area contributed by atoms with Gasteiger partial charge >= 0.3 is 0 Å². The fourth-order valence-corrected chi connectivity index (χ4v) is 2.75. The van der Waals surface area contributed by atoms with E-state index in [4.69, 9.17) is 4.98 Å². The van der Waals surface area contributed by atoms with Crippen molar-refractivity contribution in [1.29, 1.82) is 0 Å². The summed E-state index contributed by atoms with van der Waals surface area (Å²) < 4.78 is 0. The molecular weight excluding hydrogens is 232 g/mol. The van der Waals surface area contributed by atoms with E-state index in [0.717, 1.165) is 19.6 Å². The predicted octanol–water partition coefficient (Wildman–Crippen LogP) is 4.25. The van der Waals surface area contributed by atoms with Crippen LogP contribution in [0.5, 0.6) is 0 Å². The third-order valence-corrected chi connectivity index (χ3v) is 3.70. The molecule has 1 aromatic heterocycles. The molecule has 0 aromatic carbocycles. The first-order valence-electron chi connectivity index (χ1n) is 7.57. The van der Waals surface area contributed by atoms with Crippen LogP contribution < -0.4 is 0 Å². The van der Waals surface area contributed by atoms with Crippen LogP contribution in [-0.2, 0) is 12.0 Å². The van der Waals surface area contributed by atoms with Gasteiger partial charge in [-0.25, -0.2) is 0 Å². The molecule has 0 spiro atoms. The first-order valence-corrected chi connectivity index (χ1v) is 7.57. The molecule has 0 saturated carbocycles. The summed E-state index contributed by atoms with van der Waals surface area (Å²) in [5.41, 5.74) is 2.58. The van der Waals surface area contributed by atoms with E-state index in [-0.39, 0.29) is 5.41 Å².